The summed E-state index contributed by atoms with van der Waals surface area (Å²) in [6.07, 6.45) is 3.97. The van der Waals surface area contributed by atoms with E-state index in [2.05, 4.69) is 25.3 Å². The first-order valence-electron chi connectivity index (χ1n) is 13.3. The number of likely N-dealkylation sites (tertiary alicyclic amines) is 1. The summed E-state index contributed by atoms with van der Waals surface area (Å²) in [5.74, 6) is -0.133. The van der Waals surface area contributed by atoms with Gasteiger partial charge in [-0.15, -0.1) is 11.8 Å². The van der Waals surface area contributed by atoms with Gasteiger partial charge in [-0.05, 0) is 50.5 Å². The fourth-order valence-corrected chi connectivity index (χ4v) is 6.25. The Hall–Kier alpha value is -2.71. The summed E-state index contributed by atoms with van der Waals surface area (Å²) in [5.41, 5.74) is 1.80. The molecule has 3 heterocycles. The van der Waals surface area contributed by atoms with Crippen molar-refractivity contribution in [3.63, 3.8) is 0 Å². The van der Waals surface area contributed by atoms with Crippen molar-refractivity contribution in [1.29, 1.82) is 0 Å². The van der Waals surface area contributed by atoms with E-state index in [0.29, 0.717) is 30.3 Å². The third-order valence-corrected chi connectivity index (χ3v) is 8.53. The zero-order valence-electron chi connectivity index (χ0n) is 23.6. The van der Waals surface area contributed by atoms with Crippen molar-refractivity contribution in [2.45, 2.75) is 83.0 Å². The number of halogens is 1. The van der Waals surface area contributed by atoms with Crippen LogP contribution in [0.25, 0.3) is 11.0 Å². The molecule has 1 aromatic carbocycles. The number of carbonyl (C=O) groups is 2. The van der Waals surface area contributed by atoms with Gasteiger partial charge in [0.25, 0.3) is 0 Å². The molecule has 2 aromatic heterocycles. The Kier molecular flexibility index (Phi) is 8.57. The van der Waals surface area contributed by atoms with Crippen LogP contribution < -0.4 is 4.74 Å². The molecule has 0 spiro atoms. The maximum absolute atomic E-state index is 12.2. The molecule has 1 aliphatic heterocycles. The molecule has 0 bridgehead atoms. The molecular formula is C30H38ClN3O4S. The van der Waals surface area contributed by atoms with Crippen LogP contribution in [0.1, 0.15) is 65.6 Å². The number of pyridine rings is 1. The molecule has 1 N–H and O–H groups in total. The second kappa shape index (κ2) is 11.4. The molecule has 1 atom stereocenters. The number of aromatic nitrogens is 2. The van der Waals surface area contributed by atoms with Gasteiger partial charge in [0.2, 0.25) is 5.91 Å². The molecule has 1 aliphatic rings. The Bertz CT molecular complexity index is 1360. The lowest BCUT2D eigenvalue weighted by Gasteiger charge is -2.24. The summed E-state index contributed by atoms with van der Waals surface area (Å²) in [5, 5.41) is 11.6. The lowest BCUT2D eigenvalue weighted by molar-refractivity contribution is -0.146. The molecule has 1 fully saturated rings. The Morgan fingerprint density at radius 3 is 2.49 bits per heavy atom. The molecule has 1 amide bonds. The molecular weight excluding hydrogens is 534 g/mol. The number of carboxylic acid groups (broad SMARTS) is 1. The van der Waals surface area contributed by atoms with Gasteiger partial charge in [0.05, 0.1) is 17.7 Å². The van der Waals surface area contributed by atoms with Gasteiger partial charge in [0.15, 0.2) is 0 Å². The van der Waals surface area contributed by atoms with Gasteiger partial charge in [0, 0.05) is 52.2 Å². The highest BCUT2D eigenvalue weighted by Gasteiger charge is 2.33. The summed E-state index contributed by atoms with van der Waals surface area (Å²) in [7, 11) is 0. The van der Waals surface area contributed by atoms with Gasteiger partial charge in [0.1, 0.15) is 18.0 Å². The summed E-state index contributed by atoms with van der Waals surface area (Å²) in [4.78, 5) is 31.9. The number of nitrogens with zero attached hydrogens (tertiary/aromatic N) is 3. The summed E-state index contributed by atoms with van der Waals surface area (Å²) in [6, 6.07) is 9.76. The van der Waals surface area contributed by atoms with Crippen molar-refractivity contribution in [3.8, 4) is 5.75 Å². The minimum atomic E-state index is -0.975. The Balaban J connectivity index is 1.80. The Morgan fingerprint density at radius 2 is 1.87 bits per heavy atom. The molecule has 0 saturated carbocycles. The second-order valence-corrected chi connectivity index (χ2v) is 14.2. The molecule has 7 nitrogen and oxygen atoms in total. The van der Waals surface area contributed by atoms with Crippen LogP contribution >= 0.6 is 23.4 Å². The van der Waals surface area contributed by atoms with E-state index in [1.165, 1.54) is 0 Å². The van der Waals surface area contributed by atoms with E-state index in [-0.39, 0.29) is 16.7 Å². The van der Waals surface area contributed by atoms with Crippen molar-refractivity contribution in [2.24, 2.45) is 5.41 Å². The van der Waals surface area contributed by atoms with Gasteiger partial charge in [-0.3, -0.25) is 9.59 Å². The lowest BCUT2D eigenvalue weighted by Crippen LogP contribution is -2.37. The van der Waals surface area contributed by atoms with Crippen LogP contribution in [-0.4, -0.2) is 55.4 Å². The zero-order chi connectivity index (χ0) is 28.5. The maximum atomic E-state index is 12.2. The summed E-state index contributed by atoms with van der Waals surface area (Å²) < 4.78 is 8.21. The van der Waals surface area contributed by atoms with Gasteiger partial charge in [-0.1, -0.05) is 44.5 Å². The van der Waals surface area contributed by atoms with Crippen molar-refractivity contribution in [3.05, 3.63) is 52.8 Å². The molecule has 0 radical (unpaired) electrons. The third-order valence-electron chi connectivity index (χ3n) is 7.00. The molecule has 0 aliphatic carbocycles. The molecule has 9 heteroatoms. The quantitative estimate of drug-likeness (QED) is 0.289. The highest BCUT2D eigenvalue weighted by molar-refractivity contribution is 8.00. The van der Waals surface area contributed by atoms with E-state index < -0.39 is 11.4 Å². The number of benzene rings is 1. The van der Waals surface area contributed by atoms with E-state index >= 15 is 0 Å². The summed E-state index contributed by atoms with van der Waals surface area (Å²) in [6.45, 7) is 13.3. The predicted molar refractivity (Wildman–Crippen MR) is 157 cm³/mol. The fraction of sp³-hybridized carbons (Fsp3) is 0.500. The van der Waals surface area contributed by atoms with Crippen LogP contribution in [0, 0.1) is 5.41 Å². The second-order valence-electron chi connectivity index (χ2n) is 11.9. The normalized spacial score (nSPS) is 16.2. The van der Waals surface area contributed by atoms with Gasteiger partial charge < -0.3 is 19.3 Å². The van der Waals surface area contributed by atoms with Crippen molar-refractivity contribution in [1.82, 2.24) is 14.5 Å². The largest absolute Gasteiger partial charge is 0.490 e. The standard InChI is InChI=1S/C30H38ClN3O4S/c1-19(35)33-13-7-8-22(33)18-38-23-14-24-26(39-29(2,3)4)25(15-30(5,6)28(36)37)34(27(24)32-16-23)17-20-9-11-21(31)12-10-20/h9-12,14,16,22H,7-8,13,15,17-18H2,1-6H3,(H,36,37)/t22-/m0/s1. The van der Waals surface area contributed by atoms with Crippen LogP contribution in [0.5, 0.6) is 5.75 Å². The van der Waals surface area contributed by atoms with Crippen LogP contribution in [0.3, 0.4) is 0 Å². The first kappa shape index (κ1) is 29.3. The van der Waals surface area contributed by atoms with E-state index in [9.17, 15) is 14.7 Å². The number of thioether (sulfide) groups is 1. The number of hydrogen-bond donors (Lipinski definition) is 1. The molecule has 1 saturated heterocycles. The van der Waals surface area contributed by atoms with Crippen LogP contribution in [0.2, 0.25) is 5.02 Å². The van der Waals surface area contributed by atoms with Gasteiger partial charge in [-0.2, -0.15) is 0 Å². The van der Waals surface area contributed by atoms with Crippen LogP contribution in [-0.2, 0) is 22.6 Å². The number of hydrogen-bond acceptors (Lipinski definition) is 5. The molecule has 39 heavy (non-hydrogen) atoms. The fourth-order valence-electron chi connectivity index (χ4n) is 4.95. The number of ether oxygens (including phenoxy) is 1. The molecule has 0 unspecified atom stereocenters. The third kappa shape index (κ3) is 6.90. The number of rotatable bonds is 9. The number of carbonyl (C=O) groups excluding carboxylic acids is 1. The smallest absolute Gasteiger partial charge is 0.309 e. The van der Waals surface area contributed by atoms with E-state index in [4.69, 9.17) is 21.3 Å². The van der Waals surface area contributed by atoms with Crippen molar-refractivity contribution >= 4 is 46.3 Å². The highest BCUT2D eigenvalue weighted by atomic mass is 35.5. The lowest BCUT2D eigenvalue weighted by atomic mass is 9.88. The first-order valence-corrected chi connectivity index (χ1v) is 14.5. The average molecular weight is 572 g/mol. The number of aliphatic carboxylic acids is 1. The monoisotopic (exact) mass is 571 g/mol. The highest BCUT2D eigenvalue weighted by Crippen LogP contribution is 2.43. The summed E-state index contributed by atoms with van der Waals surface area (Å²) >= 11 is 7.85. The molecule has 3 aromatic rings. The zero-order valence-corrected chi connectivity index (χ0v) is 25.2. The predicted octanol–water partition coefficient (Wildman–Crippen LogP) is 6.67. The molecule has 4 rings (SSSR count). The van der Waals surface area contributed by atoms with E-state index in [0.717, 1.165) is 46.6 Å². The minimum absolute atomic E-state index is 0.0584. The Labute approximate surface area is 239 Å². The number of carboxylic acids is 1. The van der Waals surface area contributed by atoms with E-state index in [1.54, 1.807) is 38.7 Å². The van der Waals surface area contributed by atoms with Crippen LogP contribution in [0.15, 0.2) is 41.4 Å². The minimum Gasteiger partial charge on any atom is -0.490 e. The molecule has 210 valence electrons. The maximum Gasteiger partial charge on any atom is 0.309 e. The first-order chi connectivity index (χ1) is 18.2. The Morgan fingerprint density at radius 1 is 1.18 bits per heavy atom. The average Bonchev–Trinajstić information content (AvgIpc) is 3.42. The van der Waals surface area contributed by atoms with Crippen LogP contribution in [0.4, 0.5) is 0 Å². The van der Waals surface area contributed by atoms with E-state index in [1.807, 2.05) is 35.2 Å². The number of amides is 1. The topological polar surface area (TPSA) is 84.7 Å². The van der Waals surface area contributed by atoms with Gasteiger partial charge in [-0.25, -0.2) is 4.98 Å². The van der Waals surface area contributed by atoms with Crippen molar-refractivity contribution < 1.29 is 19.4 Å². The SMILES string of the molecule is CC(=O)N1CCC[C@H]1COc1cnc2c(c1)c(SC(C)(C)C)c(CC(C)(C)C(=O)O)n2Cc1ccc(Cl)cc1. The van der Waals surface area contributed by atoms with Gasteiger partial charge >= 0.3 is 5.97 Å². The van der Waals surface area contributed by atoms with Crippen molar-refractivity contribution in [2.75, 3.05) is 13.2 Å². The number of fused-ring (bicyclic) bond motifs is 1.